The molecule has 3 heteroatoms. The molecule has 1 aromatic rings. The fourth-order valence-electron chi connectivity index (χ4n) is 3.39. The molecule has 0 radical (unpaired) electrons. The van der Waals surface area contributed by atoms with E-state index in [1.165, 1.54) is 17.5 Å². The van der Waals surface area contributed by atoms with Crippen molar-refractivity contribution in [2.75, 3.05) is 27.2 Å². The molecule has 1 aromatic carbocycles. The Balaban J connectivity index is 2.22. The van der Waals surface area contributed by atoms with Crippen molar-refractivity contribution >= 4 is 0 Å². The normalized spacial score (nSPS) is 23.0. The van der Waals surface area contributed by atoms with Crippen LogP contribution in [0.1, 0.15) is 37.8 Å². The number of rotatable bonds is 6. The Bertz CT molecular complexity index is 474. The van der Waals surface area contributed by atoms with E-state index < -0.39 is 0 Å². The third-order valence-electron chi connectivity index (χ3n) is 5.26. The van der Waals surface area contributed by atoms with E-state index in [1.807, 2.05) is 0 Å². The van der Waals surface area contributed by atoms with Crippen molar-refractivity contribution in [1.82, 2.24) is 4.90 Å². The Morgan fingerprint density at radius 1 is 1.38 bits per heavy atom. The van der Waals surface area contributed by atoms with Gasteiger partial charge in [0.25, 0.3) is 0 Å². The van der Waals surface area contributed by atoms with Crippen molar-refractivity contribution in [3.63, 3.8) is 0 Å². The molecule has 0 aromatic heterocycles. The van der Waals surface area contributed by atoms with Gasteiger partial charge < -0.3 is 10.5 Å². The molecule has 0 fully saturated rings. The van der Waals surface area contributed by atoms with E-state index in [2.05, 4.69) is 44.0 Å². The molecule has 0 saturated heterocycles. The number of likely N-dealkylation sites (N-methyl/N-ethyl adjacent to an activating group) is 1. The molecule has 3 nitrogen and oxygen atoms in total. The first-order valence-electron chi connectivity index (χ1n) is 8.11. The molecule has 0 bridgehead atoms. The first-order chi connectivity index (χ1) is 10.0. The van der Waals surface area contributed by atoms with Gasteiger partial charge in [0, 0.05) is 18.6 Å². The molecule has 2 atom stereocenters. The summed E-state index contributed by atoms with van der Waals surface area (Å²) in [7, 11) is 3.97. The summed E-state index contributed by atoms with van der Waals surface area (Å²) in [4.78, 5) is 2.50. The molecule has 0 spiro atoms. The van der Waals surface area contributed by atoms with Gasteiger partial charge in [0.05, 0.1) is 7.11 Å². The zero-order valence-electron chi connectivity index (χ0n) is 14.0. The van der Waals surface area contributed by atoms with Gasteiger partial charge in [0.15, 0.2) is 0 Å². The highest BCUT2D eigenvalue weighted by molar-refractivity contribution is 5.39. The first-order valence-corrected chi connectivity index (χ1v) is 8.11. The van der Waals surface area contributed by atoms with E-state index >= 15 is 0 Å². The molecule has 2 rings (SSSR count). The molecule has 118 valence electrons. The van der Waals surface area contributed by atoms with Crippen LogP contribution in [-0.2, 0) is 12.8 Å². The summed E-state index contributed by atoms with van der Waals surface area (Å²) in [6.07, 6.45) is 4.51. The monoisotopic (exact) mass is 290 g/mol. The van der Waals surface area contributed by atoms with Crippen LogP contribution in [0.2, 0.25) is 0 Å². The minimum atomic E-state index is 0.1000. The lowest BCUT2D eigenvalue weighted by atomic mass is 9.76. The number of benzene rings is 1. The molecule has 0 saturated carbocycles. The van der Waals surface area contributed by atoms with E-state index in [0.29, 0.717) is 5.92 Å². The van der Waals surface area contributed by atoms with Gasteiger partial charge in [-0.2, -0.15) is 0 Å². The zero-order chi connectivity index (χ0) is 15.5. The van der Waals surface area contributed by atoms with Gasteiger partial charge in [-0.05, 0) is 55.5 Å². The second-order valence-electron chi connectivity index (χ2n) is 6.63. The first kappa shape index (κ1) is 16.3. The zero-order valence-corrected chi connectivity index (χ0v) is 14.0. The molecule has 0 heterocycles. The summed E-state index contributed by atoms with van der Waals surface area (Å²) in [5.74, 6) is 1.66. The Labute approximate surface area is 129 Å². The van der Waals surface area contributed by atoms with Crippen LogP contribution < -0.4 is 10.5 Å². The lowest BCUT2D eigenvalue weighted by Gasteiger charge is -2.45. The number of nitrogens with two attached hydrogens (primary N) is 1. The molecule has 1 aliphatic carbocycles. The fraction of sp³-hybridized carbons (Fsp3) is 0.667. The van der Waals surface area contributed by atoms with Crippen LogP contribution >= 0.6 is 0 Å². The summed E-state index contributed by atoms with van der Waals surface area (Å²) in [6, 6.07) is 6.47. The second kappa shape index (κ2) is 6.80. The molecule has 2 N–H and O–H groups in total. The summed E-state index contributed by atoms with van der Waals surface area (Å²) >= 11 is 0. The van der Waals surface area contributed by atoms with Crippen LogP contribution in [0.3, 0.4) is 0 Å². The molecular formula is C18H30N2O. The largest absolute Gasteiger partial charge is 0.497 e. The Kier molecular flexibility index (Phi) is 5.28. The molecule has 0 aliphatic heterocycles. The van der Waals surface area contributed by atoms with E-state index in [4.69, 9.17) is 10.5 Å². The average molecular weight is 290 g/mol. The van der Waals surface area contributed by atoms with Crippen molar-refractivity contribution in [2.45, 2.75) is 45.1 Å². The minimum absolute atomic E-state index is 0.1000. The van der Waals surface area contributed by atoms with Crippen LogP contribution in [0, 0.1) is 5.92 Å². The Morgan fingerprint density at radius 2 is 2.14 bits per heavy atom. The van der Waals surface area contributed by atoms with E-state index in [0.717, 1.165) is 38.1 Å². The summed E-state index contributed by atoms with van der Waals surface area (Å²) < 4.78 is 5.38. The summed E-state index contributed by atoms with van der Waals surface area (Å²) in [5.41, 5.74) is 9.17. The van der Waals surface area contributed by atoms with E-state index in [-0.39, 0.29) is 5.54 Å². The quantitative estimate of drug-likeness (QED) is 0.875. The van der Waals surface area contributed by atoms with Gasteiger partial charge in [-0.3, -0.25) is 4.90 Å². The minimum Gasteiger partial charge on any atom is -0.497 e. The lowest BCUT2D eigenvalue weighted by Crippen LogP contribution is -2.56. The van der Waals surface area contributed by atoms with Crippen LogP contribution in [0.15, 0.2) is 18.2 Å². The highest BCUT2D eigenvalue weighted by Gasteiger charge is 2.37. The van der Waals surface area contributed by atoms with Crippen molar-refractivity contribution in [1.29, 1.82) is 0 Å². The third-order valence-corrected chi connectivity index (χ3v) is 5.26. The molecule has 2 unspecified atom stereocenters. The van der Waals surface area contributed by atoms with E-state index in [1.54, 1.807) is 7.11 Å². The number of fused-ring (bicyclic) bond motifs is 1. The predicted molar refractivity (Wildman–Crippen MR) is 88.9 cm³/mol. The maximum absolute atomic E-state index is 6.21. The van der Waals surface area contributed by atoms with Crippen molar-refractivity contribution in [3.05, 3.63) is 29.3 Å². The topological polar surface area (TPSA) is 38.5 Å². The molecule has 1 aliphatic rings. The second-order valence-corrected chi connectivity index (χ2v) is 6.63. The Hall–Kier alpha value is -1.06. The molecule has 21 heavy (non-hydrogen) atoms. The van der Waals surface area contributed by atoms with Crippen molar-refractivity contribution in [2.24, 2.45) is 11.7 Å². The predicted octanol–water partition coefficient (Wildman–Crippen LogP) is 2.86. The lowest BCUT2D eigenvalue weighted by molar-refractivity contribution is 0.0923. The van der Waals surface area contributed by atoms with E-state index in [9.17, 15) is 0 Å². The van der Waals surface area contributed by atoms with Crippen molar-refractivity contribution in [3.8, 4) is 5.75 Å². The molecule has 0 amide bonds. The highest BCUT2D eigenvalue weighted by Crippen LogP contribution is 2.34. The standard InChI is InChI=1S/C18H30N2O/c1-5-14(2)12-20(3)18(13-19)9-8-15-6-7-17(21-4)10-16(15)11-18/h6-7,10,14H,5,8-9,11-13,19H2,1-4H3. The fourth-order valence-corrected chi connectivity index (χ4v) is 3.39. The highest BCUT2D eigenvalue weighted by atomic mass is 16.5. The van der Waals surface area contributed by atoms with Crippen LogP contribution in [0.4, 0.5) is 0 Å². The third kappa shape index (κ3) is 3.41. The number of hydrogen-bond donors (Lipinski definition) is 1. The SMILES string of the molecule is CCC(C)CN(C)C1(CN)CCc2ccc(OC)cc2C1. The Morgan fingerprint density at radius 3 is 2.76 bits per heavy atom. The van der Waals surface area contributed by atoms with Gasteiger partial charge in [0.2, 0.25) is 0 Å². The van der Waals surface area contributed by atoms with Crippen LogP contribution in [-0.4, -0.2) is 37.7 Å². The smallest absolute Gasteiger partial charge is 0.119 e. The number of ether oxygens (including phenoxy) is 1. The van der Waals surface area contributed by atoms with Gasteiger partial charge in [-0.1, -0.05) is 26.3 Å². The van der Waals surface area contributed by atoms with Crippen molar-refractivity contribution < 1.29 is 4.74 Å². The van der Waals surface area contributed by atoms with Gasteiger partial charge in [-0.15, -0.1) is 0 Å². The summed E-state index contributed by atoms with van der Waals surface area (Å²) in [5, 5.41) is 0. The maximum atomic E-state index is 6.21. The average Bonchev–Trinajstić information content (AvgIpc) is 2.53. The summed E-state index contributed by atoms with van der Waals surface area (Å²) in [6.45, 7) is 6.42. The van der Waals surface area contributed by atoms with Gasteiger partial charge >= 0.3 is 0 Å². The van der Waals surface area contributed by atoms with Gasteiger partial charge in [-0.25, -0.2) is 0 Å². The van der Waals surface area contributed by atoms with Crippen LogP contribution in [0.5, 0.6) is 5.75 Å². The van der Waals surface area contributed by atoms with Gasteiger partial charge in [0.1, 0.15) is 5.75 Å². The number of hydrogen-bond acceptors (Lipinski definition) is 3. The maximum Gasteiger partial charge on any atom is 0.119 e. The number of aryl methyl sites for hydroxylation is 1. The number of nitrogens with zero attached hydrogens (tertiary/aromatic N) is 1. The molecular weight excluding hydrogens is 260 g/mol. The number of methoxy groups -OCH3 is 1. The van der Waals surface area contributed by atoms with Crippen LogP contribution in [0.25, 0.3) is 0 Å².